The van der Waals surface area contributed by atoms with Crippen LogP contribution >= 0.6 is 24.8 Å². The van der Waals surface area contributed by atoms with Crippen LogP contribution in [0.2, 0.25) is 0 Å². The predicted octanol–water partition coefficient (Wildman–Crippen LogP) is 1.67. The van der Waals surface area contributed by atoms with Crippen LogP contribution in [0.15, 0.2) is 0 Å². The fourth-order valence-corrected chi connectivity index (χ4v) is 4.16. The molecule has 0 bridgehead atoms. The molecule has 2 aliphatic heterocycles. The standard InChI is InChI=1S/C16H29N3O2.2ClH/c17-13-16(5-11-21-12-6-16)15(20)19-9-7-18(8-10-19)14-3-1-2-4-14;;/h14H,1-13,17H2;2*1H. The van der Waals surface area contributed by atoms with Gasteiger partial charge in [0.1, 0.15) is 0 Å². The first-order chi connectivity index (χ1) is 10.2. The number of halogens is 2. The summed E-state index contributed by atoms with van der Waals surface area (Å²) in [5, 5.41) is 0. The zero-order chi connectivity index (χ0) is 14.7. The van der Waals surface area contributed by atoms with Crippen molar-refractivity contribution in [3.8, 4) is 0 Å². The Bertz CT molecular complexity index is 364. The molecule has 0 atom stereocenters. The van der Waals surface area contributed by atoms with Crippen LogP contribution in [0.3, 0.4) is 0 Å². The Hall–Kier alpha value is -0.0700. The first-order valence-electron chi connectivity index (χ1n) is 8.56. The van der Waals surface area contributed by atoms with Crippen molar-refractivity contribution in [3.05, 3.63) is 0 Å². The monoisotopic (exact) mass is 367 g/mol. The third kappa shape index (κ3) is 4.51. The lowest BCUT2D eigenvalue weighted by Gasteiger charge is -2.43. The molecule has 2 N–H and O–H groups in total. The minimum atomic E-state index is -0.353. The highest BCUT2D eigenvalue weighted by Crippen LogP contribution is 2.32. The maximum Gasteiger partial charge on any atom is 0.230 e. The highest BCUT2D eigenvalue weighted by Gasteiger charge is 2.42. The van der Waals surface area contributed by atoms with Crippen LogP contribution in [0.1, 0.15) is 38.5 Å². The van der Waals surface area contributed by atoms with Crippen LogP contribution in [0.4, 0.5) is 0 Å². The average molecular weight is 368 g/mol. The Morgan fingerprint density at radius 1 is 1.04 bits per heavy atom. The van der Waals surface area contributed by atoms with Crippen LogP contribution in [0, 0.1) is 5.41 Å². The van der Waals surface area contributed by atoms with Crippen molar-refractivity contribution in [1.82, 2.24) is 9.80 Å². The molecule has 5 nitrogen and oxygen atoms in total. The van der Waals surface area contributed by atoms with Crippen molar-refractivity contribution in [2.45, 2.75) is 44.6 Å². The fourth-order valence-electron chi connectivity index (χ4n) is 4.16. The number of rotatable bonds is 3. The molecule has 7 heteroatoms. The Kier molecular flexibility index (Phi) is 8.59. The van der Waals surface area contributed by atoms with Gasteiger partial charge in [-0.05, 0) is 25.7 Å². The molecule has 136 valence electrons. The Balaban J connectivity index is 0.00000132. The van der Waals surface area contributed by atoms with E-state index in [0.29, 0.717) is 19.8 Å². The van der Waals surface area contributed by atoms with E-state index in [2.05, 4.69) is 9.80 Å². The SMILES string of the molecule is Cl.Cl.NCC1(C(=O)N2CCN(C3CCCC3)CC2)CCOCC1. The molecule has 0 aromatic heterocycles. The topological polar surface area (TPSA) is 58.8 Å². The molecule has 0 aromatic carbocycles. The van der Waals surface area contributed by atoms with Gasteiger partial charge in [-0.1, -0.05) is 12.8 Å². The van der Waals surface area contributed by atoms with Crippen LogP contribution in [0.5, 0.6) is 0 Å². The molecule has 2 heterocycles. The molecule has 1 saturated carbocycles. The second-order valence-electron chi connectivity index (χ2n) is 6.86. The smallest absolute Gasteiger partial charge is 0.230 e. The van der Waals surface area contributed by atoms with Crippen molar-refractivity contribution in [3.63, 3.8) is 0 Å². The number of carbonyl (C=O) groups excluding carboxylic acids is 1. The molecule has 0 radical (unpaired) electrons. The molecule has 0 spiro atoms. The summed E-state index contributed by atoms with van der Waals surface area (Å²) in [7, 11) is 0. The molecular weight excluding hydrogens is 337 g/mol. The Morgan fingerprint density at radius 3 is 2.13 bits per heavy atom. The van der Waals surface area contributed by atoms with E-state index in [9.17, 15) is 4.79 Å². The van der Waals surface area contributed by atoms with Gasteiger partial charge in [0.2, 0.25) is 5.91 Å². The number of amides is 1. The summed E-state index contributed by atoms with van der Waals surface area (Å²) < 4.78 is 5.41. The molecule has 2 saturated heterocycles. The predicted molar refractivity (Wildman–Crippen MR) is 96.4 cm³/mol. The van der Waals surface area contributed by atoms with Crippen LogP contribution < -0.4 is 5.73 Å². The van der Waals surface area contributed by atoms with E-state index in [1.54, 1.807) is 0 Å². The van der Waals surface area contributed by atoms with Gasteiger partial charge >= 0.3 is 0 Å². The van der Waals surface area contributed by atoms with E-state index >= 15 is 0 Å². The van der Waals surface area contributed by atoms with Gasteiger partial charge in [0.05, 0.1) is 5.41 Å². The number of nitrogens with two attached hydrogens (primary N) is 1. The molecule has 3 aliphatic rings. The van der Waals surface area contributed by atoms with Crippen LogP contribution in [-0.2, 0) is 9.53 Å². The number of hydrogen-bond donors (Lipinski definition) is 1. The van der Waals surface area contributed by atoms with Crippen molar-refractivity contribution >= 4 is 30.7 Å². The summed E-state index contributed by atoms with van der Waals surface area (Å²) in [5.74, 6) is 0.277. The highest BCUT2D eigenvalue weighted by atomic mass is 35.5. The minimum absolute atomic E-state index is 0. The molecule has 3 rings (SSSR count). The highest BCUT2D eigenvalue weighted by molar-refractivity contribution is 5.85. The number of carbonyl (C=O) groups is 1. The van der Waals surface area contributed by atoms with Crippen LogP contribution in [0.25, 0.3) is 0 Å². The van der Waals surface area contributed by atoms with E-state index < -0.39 is 0 Å². The maximum atomic E-state index is 12.9. The zero-order valence-electron chi connectivity index (χ0n) is 13.9. The number of ether oxygens (including phenoxy) is 1. The summed E-state index contributed by atoms with van der Waals surface area (Å²) in [4.78, 5) is 17.6. The van der Waals surface area contributed by atoms with Crippen LogP contribution in [-0.4, -0.2) is 67.7 Å². The molecular formula is C16H31Cl2N3O2. The van der Waals surface area contributed by atoms with Crippen molar-refractivity contribution in [2.75, 3.05) is 45.9 Å². The molecule has 0 aromatic rings. The van der Waals surface area contributed by atoms with Gasteiger partial charge in [0.25, 0.3) is 0 Å². The normalized spacial score (nSPS) is 25.5. The zero-order valence-corrected chi connectivity index (χ0v) is 15.5. The molecule has 1 amide bonds. The van der Waals surface area contributed by atoms with E-state index in [1.807, 2.05) is 0 Å². The first-order valence-corrected chi connectivity index (χ1v) is 8.56. The molecule has 1 aliphatic carbocycles. The van der Waals surface area contributed by atoms with E-state index in [4.69, 9.17) is 10.5 Å². The number of hydrogen-bond acceptors (Lipinski definition) is 4. The molecule has 0 unspecified atom stereocenters. The first kappa shape index (κ1) is 21.0. The van der Waals surface area contributed by atoms with Gasteiger partial charge in [-0.3, -0.25) is 9.69 Å². The van der Waals surface area contributed by atoms with E-state index in [1.165, 1.54) is 25.7 Å². The van der Waals surface area contributed by atoms with Crippen molar-refractivity contribution in [1.29, 1.82) is 0 Å². The van der Waals surface area contributed by atoms with Gasteiger partial charge in [0.15, 0.2) is 0 Å². The summed E-state index contributed by atoms with van der Waals surface area (Å²) in [6, 6.07) is 0.772. The molecule has 23 heavy (non-hydrogen) atoms. The van der Waals surface area contributed by atoms with Gasteiger partial charge in [-0.15, -0.1) is 24.8 Å². The number of nitrogens with zero attached hydrogens (tertiary/aromatic N) is 2. The second-order valence-corrected chi connectivity index (χ2v) is 6.86. The summed E-state index contributed by atoms with van der Waals surface area (Å²) in [6.07, 6.45) is 7.01. The average Bonchev–Trinajstić information content (AvgIpc) is 3.09. The van der Waals surface area contributed by atoms with E-state index in [0.717, 1.165) is 45.1 Å². The Labute approximate surface area is 152 Å². The number of piperazine rings is 1. The van der Waals surface area contributed by atoms with Gasteiger partial charge < -0.3 is 15.4 Å². The fraction of sp³-hybridized carbons (Fsp3) is 0.938. The summed E-state index contributed by atoms with van der Waals surface area (Å²) >= 11 is 0. The molecule has 3 fully saturated rings. The lowest BCUT2D eigenvalue weighted by Crippen LogP contribution is -2.57. The lowest BCUT2D eigenvalue weighted by molar-refractivity contribution is -0.149. The largest absolute Gasteiger partial charge is 0.381 e. The lowest BCUT2D eigenvalue weighted by atomic mass is 9.78. The van der Waals surface area contributed by atoms with Gasteiger partial charge in [0, 0.05) is 52.0 Å². The second kappa shape index (κ2) is 9.42. The quantitative estimate of drug-likeness (QED) is 0.824. The van der Waals surface area contributed by atoms with Crippen molar-refractivity contribution in [2.24, 2.45) is 11.1 Å². The Morgan fingerprint density at radius 2 is 1.61 bits per heavy atom. The van der Waals surface area contributed by atoms with Gasteiger partial charge in [-0.25, -0.2) is 0 Å². The minimum Gasteiger partial charge on any atom is -0.381 e. The third-order valence-corrected chi connectivity index (χ3v) is 5.74. The van der Waals surface area contributed by atoms with Crippen molar-refractivity contribution < 1.29 is 9.53 Å². The summed E-state index contributed by atoms with van der Waals surface area (Å²) in [6.45, 7) is 5.62. The third-order valence-electron chi connectivity index (χ3n) is 5.74. The summed E-state index contributed by atoms with van der Waals surface area (Å²) in [5.41, 5.74) is 5.61. The maximum absolute atomic E-state index is 12.9. The van der Waals surface area contributed by atoms with E-state index in [-0.39, 0.29) is 36.1 Å². The van der Waals surface area contributed by atoms with Gasteiger partial charge in [-0.2, -0.15) is 0 Å².